The molecule has 0 aromatic carbocycles. The molecule has 1 N–H and O–H groups in total. The zero-order valence-corrected chi connectivity index (χ0v) is 15.5. The fourth-order valence-corrected chi connectivity index (χ4v) is 3.66. The van der Waals surface area contributed by atoms with Gasteiger partial charge in [0, 0.05) is 45.4 Å². The molecule has 0 saturated carbocycles. The van der Waals surface area contributed by atoms with Crippen molar-refractivity contribution < 1.29 is 13.9 Å². The summed E-state index contributed by atoms with van der Waals surface area (Å²) >= 11 is 0. The summed E-state index contributed by atoms with van der Waals surface area (Å²) in [6.07, 6.45) is 3.07. The summed E-state index contributed by atoms with van der Waals surface area (Å²) in [5.74, 6) is 0.869. The second-order valence-electron chi connectivity index (χ2n) is 7.43. The summed E-state index contributed by atoms with van der Waals surface area (Å²) in [5, 5.41) is 3.07. The van der Waals surface area contributed by atoms with Gasteiger partial charge in [-0.15, -0.1) is 0 Å². The fraction of sp³-hybridized carbons (Fsp3) is 0.778. The SMILES string of the molecule is CC(C)C(CNC(=O)c1ncoc1C1CCCO1)N1CCN(C)CC1. The summed E-state index contributed by atoms with van der Waals surface area (Å²) in [6.45, 7) is 9.99. The predicted octanol–water partition coefficient (Wildman–Crippen LogP) is 1.53. The molecule has 2 atom stereocenters. The second kappa shape index (κ2) is 8.29. The molecule has 0 aliphatic carbocycles. The Kier molecular flexibility index (Phi) is 6.09. The van der Waals surface area contributed by atoms with Gasteiger partial charge in [-0.05, 0) is 25.8 Å². The maximum atomic E-state index is 12.6. The third-order valence-corrected chi connectivity index (χ3v) is 5.28. The number of nitrogens with one attached hydrogen (secondary N) is 1. The van der Waals surface area contributed by atoms with Crippen LogP contribution in [-0.2, 0) is 4.74 Å². The van der Waals surface area contributed by atoms with Gasteiger partial charge in [-0.1, -0.05) is 13.8 Å². The van der Waals surface area contributed by atoms with Crippen LogP contribution in [0, 0.1) is 5.92 Å². The number of hydrogen-bond donors (Lipinski definition) is 1. The van der Waals surface area contributed by atoms with Crippen molar-refractivity contribution in [3.05, 3.63) is 17.8 Å². The zero-order chi connectivity index (χ0) is 17.8. The molecule has 7 heteroatoms. The third kappa shape index (κ3) is 4.40. The highest BCUT2D eigenvalue weighted by Gasteiger charge is 2.29. The molecule has 0 bridgehead atoms. The number of hydrogen-bond acceptors (Lipinski definition) is 6. The zero-order valence-electron chi connectivity index (χ0n) is 15.5. The third-order valence-electron chi connectivity index (χ3n) is 5.28. The Hall–Kier alpha value is -1.44. The van der Waals surface area contributed by atoms with E-state index in [0.29, 0.717) is 36.6 Å². The number of oxazole rings is 1. The Labute approximate surface area is 149 Å². The first-order chi connectivity index (χ1) is 12.1. The van der Waals surface area contributed by atoms with E-state index in [-0.39, 0.29) is 12.0 Å². The summed E-state index contributed by atoms with van der Waals surface area (Å²) < 4.78 is 11.1. The van der Waals surface area contributed by atoms with Crippen molar-refractivity contribution in [3.63, 3.8) is 0 Å². The first-order valence-electron chi connectivity index (χ1n) is 9.32. The summed E-state index contributed by atoms with van der Waals surface area (Å²) in [4.78, 5) is 21.6. The van der Waals surface area contributed by atoms with Gasteiger partial charge in [-0.25, -0.2) is 4.98 Å². The van der Waals surface area contributed by atoms with E-state index < -0.39 is 0 Å². The minimum Gasteiger partial charge on any atom is -0.445 e. The van der Waals surface area contributed by atoms with Crippen molar-refractivity contribution in [2.45, 2.75) is 38.8 Å². The molecule has 2 aliphatic rings. The van der Waals surface area contributed by atoms with Gasteiger partial charge in [-0.2, -0.15) is 0 Å². The van der Waals surface area contributed by atoms with Crippen LogP contribution in [-0.4, -0.2) is 73.1 Å². The molecule has 2 fully saturated rings. The van der Waals surface area contributed by atoms with E-state index in [9.17, 15) is 4.79 Å². The van der Waals surface area contributed by atoms with Gasteiger partial charge < -0.3 is 19.4 Å². The maximum absolute atomic E-state index is 12.6. The monoisotopic (exact) mass is 350 g/mol. The van der Waals surface area contributed by atoms with Gasteiger partial charge in [0.2, 0.25) is 0 Å². The minimum absolute atomic E-state index is 0.137. The van der Waals surface area contributed by atoms with E-state index in [0.717, 1.165) is 39.0 Å². The van der Waals surface area contributed by atoms with Gasteiger partial charge in [0.15, 0.2) is 17.8 Å². The van der Waals surface area contributed by atoms with Crippen LogP contribution in [0.25, 0.3) is 0 Å². The van der Waals surface area contributed by atoms with Gasteiger partial charge in [-0.3, -0.25) is 9.69 Å². The molecule has 0 radical (unpaired) electrons. The first kappa shape index (κ1) is 18.4. The minimum atomic E-state index is -0.168. The molecule has 25 heavy (non-hydrogen) atoms. The van der Waals surface area contributed by atoms with Crippen LogP contribution in [0.15, 0.2) is 10.8 Å². The topological polar surface area (TPSA) is 70.8 Å². The van der Waals surface area contributed by atoms with Crippen molar-refractivity contribution in [3.8, 4) is 0 Å². The van der Waals surface area contributed by atoms with Crippen molar-refractivity contribution >= 4 is 5.91 Å². The standard InChI is InChI=1S/C18H30N4O3/c1-13(2)14(22-8-6-21(3)7-9-22)11-19-18(23)16-17(25-12-20-16)15-5-4-10-24-15/h12-15H,4-11H2,1-3H3,(H,19,23). The molecule has 1 amide bonds. The summed E-state index contributed by atoms with van der Waals surface area (Å²) in [5.41, 5.74) is 0.368. The lowest BCUT2D eigenvalue weighted by atomic mass is 10.0. The quantitative estimate of drug-likeness (QED) is 0.839. The first-order valence-corrected chi connectivity index (χ1v) is 9.32. The van der Waals surface area contributed by atoms with E-state index in [1.165, 1.54) is 6.39 Å². The number of piperazine rings is 1. The molecule has 1 aromatic rings. The molecule has 1 aromatic heterocycles. The Morgan fingerprint density at radius 2 is 2.12 bits per heavy atom. The van der Waals surface area contributed by atoms with Gasteiger partial charge in [0.05, 0.1) is 0 Å². The van der Waals surface area contributed by atoms with Gasteiger partial charge in [0.1, 0.15) is 6.10 Å². The van der Waals surface area contributed by atoms with Crippen LogP contribution in [0.5, 0.6) is 0 Å². The van der Waals surface area contributed by atoms with Crippen molar-refractivity contribution in [2.75, 3.05) is 46.4 Å². The van der Waals surface area contributed by atoms with Crippen LogP contribution in [0.3, 0.4) is 0 Å². The van der Waals surface area contributed by atoms with Crippen LogP contribution in [0.4, 0.5) is 0 Å². The fourth-order valence-electron chi connectivity index (χ4n) is 3.66. The number of rotatable bonds is 6. The molecule has 2 aliphatic heterocycles. The van der Waals surface area contributed by atoms with E-state index in [2.05, 4.69) is 41.0 Å². The van der Waals surface area contributed by atoms with Crippen LogP contribution < -0.4 is 5.32 Å². The van der Waals surface area contributed by atoms with E-state index in [1.54, 1.807) is 0 Å². The number of likely N-dealkylation sites (N-methyl/N-ethyl adjacent to an activating group) is 1. The van der Waals surface area contributed by atoms with E-state index in [1.807, 2.05) is 0 Å². The Bertz CT molecular complexity index is 560. The molecule has 3 heterocycles. The highest BCUT2D eigenvalue weighted by atomic mass is 16.5. The Morgan fingerprint density at radius 3 is 2.76 bits per heavy atom. The Morgan fingerprint density at radius 1 is 1.36 bits per heavy atom. The lowest BCUT2D eigenvalue weighted by Crippen LogP contribution is -2.54. The second-order valence-corrected chi connectivity index (χ2v) is 7.43. The molecule has 140 valence electrons. The molecule has 3 rings (SSSR count). The molecule has 7 nitrogen and oxygen atoms in total. The normalized spacial score (nSPS) is 23.9. The van der Waals surface area contributed by atoms with E-state index in [4.69, 9.17) is 9.15 Å². The van der Waals surface area contributed by atoms with Crippen LogP contribution >= 0.6 is 0 Å². The molecular formula is C18H30N4O3. The number of carbonyl (C=O) groups excluding carboxylic acids is 1. The number of amides is 1. The highest BCUT2D eigenvalue weighted by molar-refractivity contribution is 5.93. The smallest absolute Gasteiger partial charge is 0.273 e. The average Bonchev–Trinajstić information content (AvgIpc) is 3.27. The lowest BCUT2D eigenvalue weighted by Gasteiger charge is -2.39. The lowest BCUT2D eigenvalue weighted by molar-refractivity contribution is 0.0768. The van der Waals surface area contributed by atoms with Gasteiger partial charge in [0.25, 0.3) is 5.91 Å². The number of ether oxygens (including phenoxy) is 1. The van der Waals surface area contributed by atoms with Crippen molar-refractivity contribution in [1.29, 1.82) is 0 Å². The van der Waals surface area contributed by atoms with Crippen molar-refractivity contribution in [2.24, 2.45) is 5.92 Å². The Balaban J connectivity index is 1.59. The summed E-state index contributed by atoms with van der Waals surface area (Å²) in [7, 11) is 2.15. The van der Waals surface area contributed by atoms with E-state index >= 15 is 0 Å². The van der Waals surface area contributed by atoms with Crippen molar-refractivity contribution in [1.82, 2.24) is 20.1 Å². The number of nitrogens with zero attached hydrogens (tertiary/aromatic N) is 3. The maximum Gasteiger partial charge on any atom is 0.273 e. The number of carbonyl (C=O) groups is 1. The summed E-state index contributed by atoms with van der Waals surface area (Å²) in [6, 6.07) is 0.329. The average molecular weight is 350 g/mol. The van der Waals surface area contributed by atoms with Crippen LogP contribution in [0.1, 0.15) is 49.0 Å². The number of aromatic nitrogens is 1. The highest BCUT2D eigenvalue weighted by Crippen LogP contribution is 2.30. The largest absolute Gasteiger partial charge is 0.445 e. The van der Waals surface area contributed by atoms with Gasteiger partial charge >= 0.3 is 0 Å². The molecular weight excluding hydrogens is 320 g/mol. The molecule has 2 saturated heterocycles. The predicted molar refractivity (Wildman–Crippen MR) is 94.5 cm³/mol. The van der Waals surface area contributed by atoms with Crippen LogP contribution in [0.2, 0.25) is 0 Å². The molecule has 2 unspecified atom stereocenters. The molecule has 0 spiro atoms.